The van der Waals surface area contributed by atoms with Gasteiger partial charge in [-0.25, -0.2) is 19.6 Å². The van der Waals surface area contributed by atoms with Gasteiger partial charge in [0.25, 0.3) is 0 Å². The SMILES string of the molecule is COC(=O)N[C@@H](CCSC)C(=O)N1CC[C@H]1c1nc2ccc(C3=CC4=CCC=C3C[C@@H](C)[C@@H]3C=CC(=C(c5ccc6nc([C@@H]7CCN7C(=O)[C@H](CCSC)NC(=O)OC)[nH]c6c5)C3)CC4)cc2[nH]1. The number of carbonyl (C=O) groups excluding carboxylic acids is 4. The van der Waals surface area contributed by atoms with E-state index >= 15 is 0 Å². The Morgan fingerprint density at radius 3 is 1.90 bits per heavy atom. The largest absolute Gasteiger partial charge is 0.453 e. The number of rotatable bonds is 14. The Kier molecular flexibility index (Phi) is 14.5. The number of imidazole rings is 2. The number of allylic oxidation sites excluding steroid dienone is 10. The lowest BCUT2D eigenvalue weighted by molar-refractivity contribution is -0.142. The van der Waals surface area contributed by atoms with Gasteiger partial charge in [-0.05, 0) is 151 Å². The first-order valence-electron chi connectivity index (χ1n) is 23.8. The summed E-state index contributed by atoms with van der Waals surface area (Å²) in [5.74, 6) is 3.50. The van der Waals surface area contributed by atoms with Crippen LogP contribution in [0.2, 0.25) is 0 Å². The molecule has 14 nitrogen and oxygen atoms in total. The zero-order valence-electron chi connectivity index (χ0n) is 39.6. The normalized spacial score (nSPS) is 22.2. The maximum absolute atomic E-state index is 13.7. The third-order valence-corrected chi connectivity index (χ3v) is 15.7. The number of carbonyl (C=O) groups is 4. The minimum Gasteiger partial charge on any atom is -0.453 e. The summed E-state index contributed by atoms with van der Waals surface area (Å²) >= 11 is 3.27. The molecule has 4 bridgehead atoms. The van der Waals surface area contributed by atoms with Gasteiger partial charge >= 0.3 is 12.2 Å². The molecule has 0 unspecified atom stereocenters. The molecule has 2 aromatic carbocycles. The lowest BCUT2D eigenvalue weighted by Crippen LogP contribution is -2.54. The molecule has 4 heterocycles. The zero-order valence-corrected chi connectivity index (χ0v) is 41.2. The first-order valence-corrected chi connectivity index (χ1v) is 26.6. The standard InChI is InChI=1S/C52H62N8O6S2/c1-30-25-34-8-6-7-31(26-37(34)35-13-15-39-43(28-35)55-47(53-39)45-17-21-59(45)49(61)41(19-23-67-4)57-51(63)65-2)9-10-32-11-12-33(30)27-38(32)36-14-16-40-44(29-36)56-48(54-40)46-18-22-60(46)50(62)42(20-24-68-5)58-52(64)66-3/h7-8,11-16,26,28-30,33,41-42,45-46H,6,9-10,17-25,27H2,1-5H3,(H,53,55)(H,54,56)(H,57,63)(H,58,64)/t30-,33-,41+,42+,45+,46+/m1/s1. The summed E-state index contributed by atoms with van der Waals surface area (Å²) in [5.41, 5.74) is 12.6. The Hall–Kier alpha value is -5.74. The van der Waals surface area contributed by atoms with Crippen molar-refractivity contribution in [2.75, 3.05) is 51.3 Å². The van der Waals surface area contributed by atoms with Crippen molar-refractivity contribution >= 4 is 80.7 Å². The van der Waals surface area contributed by atoms with Crippen molar-refractivity contribution in [2.45, 2.75) is 88.9 Å². The van der Waals surface area contributed by atoms with Gasteiger partial charge in [0, 0.05) is 13.1 Å². The quantitative estimate of drug-likeness (QED) is 0.0954. The zero-order chi connectivity index (χ0) is 47.5. The number of hydrogen-bond acceptors (Lipinski definition) is 10. The molecule has 0 spiro atoms. The number of nitrogens with zero attached hydrogens (tertiary/aromatic N) is 4. The van der Waals surface area contributed by atoms with Crippen LogP contribution < -0.4 is 10.6 Å². The molecular weight excluding hydrogens is 897 g/mol. The molecule has 358 valence electrons. The van der Waals surface area contributed by atoms with E-state index in [0.29, 0.717) is 37.8 Å². The van der Waals surface area contributed by atoms with Crippen LogP contribution in [0.5, 0.6) is 0 Å². The fraction of sp³-hybridized carbons (Fsp3) is 0.462. The number of aromatic nitrogens is 4. The van der Waals surface area contributed by atoms with E-state index in [1.165, 1.54) is 47.6 Å². The highest BCUT2D eigenvalue weighted by Gasteiger charge is 2.41. The first-order chi connectivity index (χ1) is 33.0. The van der Waals surface area contributed by atoms with Gasteiger partial charge < -0.3 is 39.9 Å². The van der Waals surface area contributed by atoms with Crippen LogP contribution in [-0.4, -0.2) is 117 Å². The van der Waals surface area contributed by atoms with Crippen LogP contribution in [0.1, 0.15) is 99.6 Å². The van der Waals surface area contributed by atoms with E-state index in [4.69, 9.17) is 19.4 Å². The minimum absolute atomic E-state index is 0.111. The number of methoxy groups -OCH3 is 2. The summed E-state index contributed by atoms with van der Waals surface area (Å²) < 4.78 is 9.65. The maximum atomic E-state index is 13.7. The van der Waals surface area contributed by atoms with E-state index in [1.807, 2.05) is 22.3 Å². The van der Waals surface area contributed by atoms with Crippen molar-refractivity contribution in [3.63, 3.8) is 0 Å². The number of alkyl carbamates (subject to hydrolysis) is 2. The lowest BCUT2D eigenvalue weighted by Gasteiger charge is -2.41. The molecule has 4 aromatic rings. The first kappa shape index (κ1) is 47.3. The highest BCUT2D eigenvalue weighted by atomic mass is 32.2. The van der Waals surface area contributed by atoms with Gasteiger partial charge in [-0.1, -0.05) is 55.0 Å². The van der Waals surface area contributed by atoms with Crippen LogP contribution in [0.15, 0.2) is 83.5 Å². The predicted molar refractivity (Wildman–Crippen MR) is 271 cm³/mol. The van der Waals surface area contributed by atoms with Crippen molar-refractivity contribution < 1.29 is 28.7 Å². The van der Waals surface area contributed by atoms with E-state index < -0.39 is 24.3 Å². The van der Waals surface area contributed by atoms with Crippen molar-refractivity contribution in [3.05, 3.63) is 106 Å². The van der Waals surface area contributed by atoms with E-state index in [0.717, 1.165) is 95.7 Å². The van der Waals surface area contributed by atoms with E-state index in [1.54, 1.807) is 23.5 Å². The van der Waals surface area contributed by atoms with Crippen molar-refractivity contribution in [2.24, 2.45) is 11.8 Å². The van der Waals surface area contributed by atoms with Crippen LogP contribution in [0.3, 0.4) is 0 Å². The average Bonchev–Trinajstić information content (AvgIpc) is 3.87. The van der Waals surface area contributed by atoms with E-state index in [-0.39, 0.29) is 23.9 Å². The Labute approximate surface area is 406 Å². The number of H-pyrrole nitrogens is 2. The summed E-state index contributed by atoms with van der Waals surface area (Å²) in [6, 6.07) is 11.4. The Balaban J connectivity index is 0.936. The number of fused-ring (bicyclic) bond motifs is 5. The molecule has 4 amide bonds. The summed E-state index contributed by atoms with van der Waals surface area (Å²) in [5, 5.41) is 5.49. The van der Waals surface area contributed by atoms with E-state index in [9.17, 15) is 19.2 Å². The molecule has 6 atom stereocenters. The average molecular weight is 959 g/mol. The van der Waals surface area contributed by atoms with Crippen LogP contribution in [-0.2, 0) is 19.1 Å². The third-order valence-electron chi connectivity index (χ3n) is 14.4. The fourth-order valence-electron chi connectivity index (χ4n) is 10.3. The number of amides is 4. The second-order valence-electron chi connectivity index (χ2n) is 18.5. The van der Waals surface area contributed by atoms with Gasteiger partial charge in [0.1, 0.15) is 23.7 Å². The topological polar surface area (TPSA) is 175 Å². The Bertz CT molecular complexity index is 2750. The molecule has 2 saturated heterocycles. The van der Waals surface area contributed by atoms with Gasteiger partial charge in [-0.2, -0.15) is 23.5 Å². The smallest absolute Gasteiger partial charge is 0.407 e. The number of thioether (sulfide) groups is 2. The third kappa shape index (κ3) is 9.89. The highest BCUT2D eigenvalue weighted by molar-refractivity contribution is 7.98. The molecule has 6 aliphatic rings. The molecule has 16 heteroatoms. The molecule has 4 aliphatic carbocycles. The monoisotopic (exact) mass is 958 g/mol. The van der Waals surface area contributed by atoms with Gasteiger partial charge in [-0.15, -0.1) is 0 Å². The van der Waals surface area contributed by atoms with E-state index in [2.05, 4.69) is 94.3 Å². The van der Waals surface area contributed by atoms with Gasteiger partial charge in [0.05, 0.1) is 48.4 Å². The van der Waals surface area contributed by atoms with Crippen LogP contribution in [0.4, 0.5) is 9.59 Å². The Morgan fingerprint density at radius 2 is 1.35 bits per heavy atom. The summed E-state index contributed by atoms with van der Waals surface area (Å²) in [7, 11) is 2.62. The molecule has 2 aromatic heterocycles. The number of aromatic amines is 2. The number of likely N-dealkylation sites (tertiary alicyclic amines) is 2. The predicted octanol–water partition coefficient (Wildman–Crippen LogP) is 9.43. The lowest BCUT2D eigenvalue weighted by atomic mass is 9.75. The highest BCUT2D eigenvalue weighted by Crippen LogP contribution is 2.44. The molecule has 10 rings (SSSR count). The van der Waals surface area contributed by atoms with Crippen LogP contribution in [0, 0.1) is 11.8 Å². The number of nitrogens with one attached hydrogen (secondary N) is 4. The number of ether oxygens (including phenoxy) is 2. The van der Waals surface area contributed by atoms with Crippen molar-refractivity contribution in [1.82, 2.24) is 40.4 Å². The molecular formula is C52H62N8O6S2. The molecule has 68 heavy (non-hydrogen) atoms. The summed E-state index contributed by atoms with van der Waals surface area (Å²) in [6.07, 6.45) is 22.0. The molecule has 0 saturated carbocycles. The minimum atomic E-state index is -0.654. The van der Waals surface area contributed by atoms with Gasteiger partial charge in [-0.3, -0.25) is 9.59 Å². The second kappa shape index (κ2) is 20.9. The maximum Gasteiger partial charge on any atom is 0.407 e. The fourth-order valence-corrected chi connectivity index (χ4v) is 11.2. The summed E-state index contributed by atoms with van der Waals surface area (Å²) in [4.78, 5) is 72.4. The molecule has 0 radical (unpaired) electrons. The van der Waals surface area contributed by atoms with Gasteiger partial charge in [0.15, 0.2) is 0 Å². The molecule has 4 N–H and O–H groups in total. The van der Waals surface area contributed by atoms with Crippen LogP contribution in [0.25, 0.3) is 33.2 Å². The number of benzene rings is 2. The number of hydrogen-bond donors (Lipinski definition) is 4. The summed E-state index contributed by atoms with van der Waals surface area (Å²) in [6.45, 7) is 3.60. The van der Waals surface area contributed by atoms with Gasteiger partial charge in [0.2, 0.25) is 11.8 Å². The molecule has 2 aliphatic heterocycles. The van der Waals surface area contributed by atoms with Crippen molar-refractivity contribution in [1.29, 1.82) is 0 Å². The molecule has 2 fully saturated rings. The van der Waals surface area contributed by atoms with Crippen LogP contribution >= 0.6 is 23.5 Å². The Morgan fingerprint density at radius 1 is 0.779 bits per heavy atom. The second-order valence-corrected chi connectivity index (χ2v) is 20.5. The van der Waals surface area contributed by atoms with Crippen molar-refractivity contribution in [3.8, 4) is 0 Å².